The van der Waals surface area contributed by atoms with Gasteiger partial charge in [-0.25, -0.2) is 0 Å². The minimum absolute atomic E-state index is 0.664. The third-order valence-electron chi connectivity index (χ3n) is 3.23. The molecule has 0 heterocycles. The van der Waals surface area contributed by atoms with Gasteiger partial charge in [0, 0.05) is 11.0 Å². The summed E-state index contributed by atoms with van der Waals surface area (Å²) in [7, 11) is 2.17. The molecule has 0 spiro atoms. The molecule has 2 nitrogen and oxygen atoms in total. The van der Waals surface area contributed by atoms with Gasteiger partial charge in [-0.1, -0.05) is 47.5 Å². The van der Waals surface area contributed by atoms with Crippen LogP contribution in [0.1, 0.15) is 25.3 Å². The molecular weight excluding hydrogens is 276 g/mol. The Labute approximate surface area is 113 Å². The molecule has 0 saturated heterocycles. The lowest BCUT2D eigenvalue weighted by atomic mass is 10.0. The first-order chi connectivity index (χ1) is 8.17. The van der Waals surface area contributed by atoms with E-state index < -0.39 is 0 Å². The number of nitrogens with two attached hydrogens (primary N) is 1. The Morgan fingerprint density at radius 1 is 1.35 bits per heavy atom. The lowest BCUT2D eigenvalue weighted by Crippen LogP contribution is -2.24. The summed E-state index contributed by atoms with van der Waals surface area (Å²) in [6, 6.07) is 8.40. The van der Waals surface area contributed by atoms with Crippen molar-refractivity contribution in [3.8, 4) is 0 Å². The van der Waals surface area contributed by atoms with Crippen molar-refractivity contribution >= 4 is 15.9 Å². The van der Waals surface area contributed by atoms with Crippen molar-refractivity contribution in [1.82, 2.24) is 4.90 Å². The minimum atomic E-state index is 0.664. The standard InChI is InChI=1S/C14H23BrN2/c1-3-12(10-16)8-9-17(2)11-13-6-4-5-7-14(13)15/h4-7,12H,3,8-11,16H2,1-2H3. The van der Waals surface area contributed by atoms with Crippen molar-refractivity contribution in [1.29, 1.82) is 0 Å². The summed E-state index contributed by atoms with van der Waals surface area (Å²) in [4.78, 5) is 2.36. The van der Waals surface area contributed by atoms with E-state index in [9.17, 15) is 0 Å². The van der Waals surface area contributed by atoms with E-state index in [-0.39, 0.29) is 0 Å². The summed E-state index contributed by atoms with van der Waals surface area (Å²) < 4.78 is 1.19. The maximum absolute atomic E-state index is 5.72. The summed E-state index contributed by atoms with van der Waals surface area (Å²) in [5.74, 6) is 0.664. The van der Waals surface area contributed by atoms with Crippen molar-refractivity contribution in [2.24, 2.45) is 11.7 Å². The van der Waals surface area contributed by atoms with Gasteiger partial charge in [-0.05, 0) is 44.1 Å². The zero-order valence-electron chi connectivity index (χ0n) is 10.8. The molecule has 1 unspecified atom stereocenters. The Bertz CT molecular complexity index is 324. The van der Waals surface area contributed by atoms with Gasteiger partial charge in [-0.2, -0.15) is 0 Å². The number of halogens is 1. The second-order valence-electron chi connectivity index (χ2n) is 4.63. The highest BCUT2D eigenvalue weighted by atomic mass is 79.9. The van der Waals surface area contributed by atoms with Gasteiger partial charge in [0.2, 0.25) is 0 Å². The van der Waals surface area contributed by atoms with E-state index in [1.807, 2.05) is 0 Å². The van der Waals surface area contributed by atoms with E-state index in [2.05, 4.69) is 59.1 Å². The third-order valence-corrected chi connectivity index (χ3v) is 4.00. The third kappa shape index (κ3) is 5.19. The van der Waals surface area contributed by atoms with Crippen LogP contribution in [0.4, 0.5) is 0 Å². The molecule has 0 aromatic heterocycles. The predicted molar refractivity (Wildman–Crippen MR) is 77.9 cm³/mol. The molecule has 3 heteroatoms. The molecule has 0 aliphatic heterocycles. The first-order valence-electron chi connectivity index (χ1n) is 6.29. The van der Waals surface area contributed by atoms with Crippen molar-refractivity contribution in [3.63, 3.8) is 0 Å². The highest BCUT2D eigenvalue weighted by Gasteiger charge is 2.07. The molecule has 0 bridgehead atoms. The second kappa shape index (κ2) is 7.85. The number of benzene rings is 1. The molecule has 0 radical (unpaired) electrons. The Morgan fingerprint density at radius 2 is 2.06 bits per heavy atom. The van der Waals surface area contributed by atoms with Crippen LogP contribution in [0.5, 0.6) is 0 Å². The molecule has 1 rings (SSSR count). The SMILES string of the molecule is CCC(CN)CCN(C)Cc1ccccc1Br. The van der Waals surface area contributed by atoms with E-state index in [0.717, 1.165) is 19.6 Å². The Kier molecular flexibility index (Phi) is 6.78. The van der Waals surface area contributed by atoms with Crippen LogP contribution in [0.25, 0.3) is 0 Å². The topological polar surface area (TPSA) is 29.3 Å². The number of rotatable bonds is 7. The number of hydrogen-bond acceptors (Lipinski definition) is 2. The van der Waals surface area contributed by atoms with Crippen molar-refractivity contribution in [3.05, 3.63) is 34.3 Å². The molecule has 1 aromatic carbocycles. The highest BCUT2D eigenvalue weighted by Crippen LogP contribution is 2.17. The van der Waals surface area contributed by atoms with Crippen molar-refractivity contribution in [2.45, 2.75) is 26.3 Å². The summed E-state index contributed by atoms with van der Waals surface area (Å²) in [6.07, 6.45) is 2.37. The fraction of sp³-hybridized carbons (Fsp3) is 0.571. The number of hydrogen-bond donors (Lipinski definition) is 1. The van der Waals surface area contributed by atoms with Gasteiger partial charge < -0.3 is 10.6 Å². The Morgan fingerprint density at radius 3 is 2.65 bits per heavy atom. The molecule has 0 aliphatic carbocycles. The molecule has 96 valence electrons. The average Bonchev–Trinajstić information content (AvgIpc) is 2.33. The monoisotopic (exact) mass is 298 g/mol. The fourth-order valence-corrected chi connectivity index (χ4v) is 2.30. The van der Waals surface area contributed by atoms with Crippen LogP contribution >= 0.6 is 15.9 Å². The lowest BCUT2D eigenvalue weighted by molar-refractivity contribution is 0.291. The van der Waals surface area contributed by atoms with Crippen molar-refractivity contribution in [2.75, 3.05) is 20.1 Å². The van der Waals surface area contributed by atoms with Gasteiger partial charge in [0.25, 0.3) is 0 Å². The van der Waals surface area contributed by atoms with E-state index >= 15 is 0 Å². The van der Waals surface area contributed by atoms with Gasteiger partial charge in [-0.3, -0.25) is 0 Å². The smallest absolute Gasteiger partial charge is 0.0241 e. The molecule has 0 aliphatic rings. The van der Waals surface area contributed by atoms with E-state index in [1.54, 1.807) is 0 Å². The zero-order chi connectivity index (χ0) is 12.7. The molecule has 0 saturated carbocycles. The van der Waals surface area contributed by atoms with Crippen LogP contribution in [0, 0.1) is 5.92 Å². The highest BCUT2D eigenvalue weighted by molar-refractivity contribution is 9.10. The predicted octanol–water partition coefficient (Wildman–Crippen LogP) is 3.26. The van der Waals surface area contributed by atoms with Crippen LogP contribution in [-0.2, 0) is 6.54 Å². The van der Waals surface area contributed by atoms with Gasteiger partial charge in [0.1, 0.15) is 0 Å². The fourth-order valence-electron chi connectivity index (χ4n) is 1.89. The molecule has 1 aromatic rings. The maximum Gasteiger partial charge on any atom is 0.0241 e. The van der Waals surface area contributed by atoms with Gasteiger partial charge in [0.15, 0.2) is 0 Å². The first kappa shape index (κ1) is 14.7. The molecule has 1 atom stereocenters. The van der Waals surface area contributed by atoms with E-state index in [0.29, 0.717) is 5.92 Å². The van der Waals surface area contributed by atoms with Gasteiger partial charge >= 0.3 is 0 Å². The normalized spacial score (nSPS) is 13.0. The van der Waals surface area contributed by atoms with Crippen LogP contribution in [-0.4, -0.2) is 25.0 Å². The molecule has 0 fully saturated rings. The molecule has 0 amide bonds. The summed E-state index contributed by atoms with van der Waals surface area (Å²) >= 11 is 3.59. The quantitative estimate of drug-likeness (QED) is 0.837. The maximum atomic E-state index is 5.72. The Hall–Kier alpha value is -0.380. The molecular formula is C14H23BrN2. The number of nitrogens with zero attached hydrogens (tertiary/aromatic N) is 1. The zero-order valence-corrected chi connectivity index (χ0v) is 12.4. The minimum Gasteiger partial charge on any atom is -0.330 e. The average molecular weight is 299 g/mol. The largest absolute Gasteiger partial charge is 0.330 e. The molecule has 2 N–H and O–H groups in total. The van der Waals surface area contributed by atoms with Crippen LogP contribution in [0.3, 0.4) is 0 Å². The van der Waals surface area contributed by atoms with Crippen LogP contribution < -0.4 is 5.73 Å². The molecule has 17 heavy (non-hydrogen) atoms. The van der Waals surface area contributed by atoms with E-state index in [4.69, 9.17) is 5.73 Å². The summed E-state index contributed by atoms with van der Waals surface area (Å²) in [5.41, 5.74) is 7.06. The van der Waals surface area contributed by atoms with Crippen LogP contribution in [0.2, 0.25) is 0 Å². The Balaban J connectivity index is 2.39. The first-order valence-corrected chi connectivity index (χ1v) is 7.08. The lowest BCUT2D eigenvalue weighted by Gasteiger charge is -2.20. The summed E-state index contributed by atoms with van der Waals surface area (Å²) in [6.45, 7) is 5.12. The second-order valence-corrected chi connectivity index (χ2v) is 5.48. The van der Waals surface area contributed by atoms with Gasteiger partial charge in [0.05, 0.1) is 0 Å². The van der Waals surface area contributed by atoms with Crippen molar-refractivity contribution < 1.29 is 0 Å². The summed E-state index contributed by atoms with van der Waals surface area (Å²) in [5, 5.41) is 0. The van der Waals surface area contributed by atoms with E-state index in [1.165, 1.54) is 22.9 Å². The van der Waals surface area contributed by atoms with Crippen LogP contribution in [0.15, 0.2) is 28.7 Å². The van der Waals surface area contributed by atoms with Gasteiger partial charge in [-0.15, -0.1) is 0 Å².